The van der Waals surface area contributed by atoms with Crippen LogP contribution in [0.15, 0.2) is 22.7 Å². The summed E-state index contributed by atoms with van der Waals surface area (Å²) in [7, 11) is -3.70. The molecule has 0 spiro atoms. The van der Waals surface area contributed by atoms with E-state index in [2.05, 4.69) is 21.2 Å². The van der Waals surface area contributed by atoms with Crippen molar-refractivity contribution >= 4 is 31.9 Å². The van der Waals surface area contributed by atoms with Gasteiger partial charge in [0.05, 0.1) is 18.8 Å². The SMILES string of the molecule is CC1OC[C@@](NC(=O)OC(C)(C)C)(c2cc(Br)ccc2F)[C@@H]1CC(C#N)S(C)(=O)=O. The molecule has 0 bridgehead atoms. The molecule has 1 aromatic carbocycles. The third-order valence-corrected chi connectivity index (χ3v) is 6.86. The van der Waals surface area contributed by atoms with Crippen molar-refractivity contribution in [3.63, 3.8) is 0 Å². The van der Waals surface area contributed by atoms with Crippen LogP contribution in [-0.2, 0) is 24.8 Å². The molecule has 1 aliphatic heterocycles. The van der Waals surface area contributed by atoms with Crippen LogP contribution in [0.1, 0.15) is 39.7 Å². The van der Waals surface area contributed by atoms with Crippen LogP contribution in [0, 0.1) is 23.1 Å². The number of hydrogen-bond acceptors (Lipinski definition) is 6. The van der Waals surface area contributed by atoms with E-state index < -0.39 is 50.2 Å². The van der Waals surface area contributed by atoms with Gasteiger partial charge in [-0.15, -0.1) is 0 Å². The van der Waals surface area contributed by atoms with Gasteiger partial charge in [-0.1, -0.05) is 15.9 Å². The van der Waals surface area contributed by atoms with E-state index in [0.29, 0.717) is 4.47 Å². The summed E-state index contributed by atoms with van der Waals surface area (Å²) in [6.45, 7) is 6.68. The van der Waals surface area contributed by atoms with E-state index in [1.54, 1.807) is 33.8 Å². The van der Waals surface area contributed by atoms with Crippen molar-refractivity contribution < 1.29 is 27.1 Å². The summed E-state index contributed by atoms with van der Waals surface area (Å²) in [5.74, 6) is -1.29. The number of rotatable bonds is 5. The van der Waals surface area contributed by atoms with Crippen LogP contribution in [0.3, 0.4) is 0 Å². The summed E-state index contributed by atoms with van der Waals surface area (Å²) >= 11 is 3.31. The van der Waals surface area contributed by atoms with Crippen LogP contribution in [0.5, 0.6) is 0 Å². The lowest BCUT2D eigenvalue weighted by Crippen LogP contribution is -2.54. The summed E-state index contributed by atoms with van der Waals surface area (Å²) < 4.78 is 50.8. The molecule has 30 heavy (non-hydrogen) atoms. The molecule has 2 rings (SSSR count). The van der Waals surface area contributed by atoms with E-state index in [1.165, 1.54) is 18.2 Å². The van der Waals surface area contributed by atoms with Crippen LogP contribution >= 0.6 is 15.9 Å². The van der Waals surface area contributed by atoms with Crippen LogP contribution in [-0.4, -0.2) is 44.3 Å². The molecule has 1 saturated heterocycles. The lowest BCUT2D eigenvalue weighted by molar-refractivity contribution is 0.0410. The van der Waals surface area contributed by atoms with Gasteiger partial charge in [0.2, 0.25) is 0 Å². The molecule has 0 aliphatic carbocycles. The van der Waals surface area contributed by atoms with Gasteiger partial charge < -0.3 is 14.8 Å². The largest absolute Gasteiger partial charge is 0.444 e. The van der Waals surface area contributed by atoms with Crippen LogP contribution in [0.2, 0.25) is 0 Å². The van der Waals surface area contributed by atoms with Crippen molar-refractivity contribution in [1.29, 1.82) is 5.26 Å². The maximum Gasteiger partial charge on any atom is 0.408 e. The lowest BCUT2D eigenvalue weighted by Gasteiger charge is -2.37. The Kier molecular flexibility index (Phi) is 7.21. The number of halogens is 2. The third-order valence-electron chi connectivity index (χ3n) is 5.04. The zero-order valence-corrected chi connectivity index (χ0v) is 19.9. The molecule has 166 valence electrons. The number of alkyl carbamates (subject to hydrolysis) is 1. The second-order valence-electron chi connectivity index (χ2n) is 8.53. The minimum absolute atomic E-state index is 0.104. The van der Waals surface area contributed by atoms with Crippen molar-refractivity contribution in [1.82, 2.24) is 5.32 Å². The molecule has 1 heterocycles. The number of amides is 1. The minimum Gasteiger partial charge on any atom is -0.444 e. The third kappa shape index (κ3) is 5.50. The van der Waals surface area contributed by atoms with Crippen molar-refractivity contribution in [2.45, 2.75) is 56.6 Å². The highest BCUT2D eigenvalue weighted by Gasteiger charge is 2.53. The van der Waals surface area contributed by atoms with Gasteiger partial charge in [0.15, 0.2) is 9.84 Å². The molecule has 0 saturated carbocycles. The zero-order chi connectivity index (χ0) is 22.9. The highest BCUT2D eigenvalue weighted by atomic mass is 79.9. The van der Waals surface area contributed by atoms with Crippen LogP contribution < -0.4 is 5.32 Å². The van der Waals surface area contributed by atoms with Gasteiger partial charge in [0.25, 0.3) is 0 Å². The van der Waals surface area contributed by atoms with E-state index in [1.807, 2.05) is 0 Å². The Morgan fingerprint density at radius 3 is 2.67 bits per heavy atom. The van der Waals surface area contributed by atoms with E-state index in [4.69, 9.17) is 9.47 Å². The summed E-state index contributed by atoms with van der Waals surface area (Å²) in [5.41, 5.74) is -2.10. The highest BCUT2D eigenvalue weighted by molar-refractivity contribution is 9.10. The van der Waals surface area contributed by atoms with Gasteiger partial charge in [-0.3, -0.25) is 0 Å². The summed E-state index contributed by atoms with van der Waals surface area (Å²) in [6.07, 6.45) is -0.504. The molecule has 1 amide bonds. The number of sulfone groups is 1. The normalized spacial score (nSPS) is 25.4. The summed E-state index contributed by atoms with van der Waals surface area (Å²) in [5, 5.41) is 10.8. The number of carbonyl (C=O) groups is 1. The Morgan fingerprint density at radius 1 is 1.50 bits per heavy atom. The van der Waals surface area contributed by atoms with Crippen molar-refractivity contribution in [2.24, 2.45) is 5.92 Å². The first kappa shape index (κ1) is 24.6. The van der Waals surface area contributed by atoms with Crippen molar-refractivity contribution in [2.75, 3.05) is 12.9 Å². The second kappa shape index (κ2) is 8.81. The predicted molar refractivity (Wildman–Crippen MR) is 113 cm³/mol. The van der Waals surface area contributed by atoms with Crippen LogP contribution in [0.25, 0.3) is 0 Å². The molecule has 7 nitrogen and oxygen atoms in total. The number of benzene rings is 1. The summed E-state index contributed by atoms with van der Waals surface area (Å²) in [4.78, 5) is 12.7. The molecular formula is C20H26BrFN2O5S. The average Bonchev–Trinajstić information content (AvgIpc) is 2.88. The van der Waals surface area contributed by atoms with Crippen molar-refractivity contribution in [3.05, 3.63) is 34.1 Å². The van der Waals surface area contributed by atoms with E-state index in [-0.39, 0.29) is 18.6 Å². The number of nitriles is 1. The number of carbonyl (C=O) groups excluding carboxylic acids is 1. The van der Waals surface area contributed by atoms with Gasteiger partial charge in [-0.2, -0.15) is 5.26 Å². The lowest BCUT2D eigenvalue weighted by atomic mass is 9.75. The van der Waals surface area contributed by atoms with Crippen LogP contribution in [0.4, 0.5) is 9.18 Å². The Hall–Kier alpha value is -1.70. The number of ether oxygens (including phenoxy) is 2. The highest BCUT2D eigenvalue weighted by Crippen LogP contribution is 2.44. The van der Waals surface area contributed by atoms with Gasteiger partial charge in [-0.25, -0.2) is 17.6 Å². The molecule has 1 aliphatic rings. The van der Waals surface area contributed by atoms with Gasteiger partial charge in [0.1, 0.15) is 22.2 Å². The Morgan fingerprint density at radius 2 is 2.13 bits per heavy atom. The first-order valence-corrected chi connectivity index (χ1v) is 12.1. The molecule has 0 aromatic heterocycles. The zero-order valence-electron chi connectivity index (χ0n) is 17.5. The van der Waals surface area contributed by atoms with E-state index in [0.717, 1.165) is 6.26 Å². The Balaban J connectivity index is 2.60. The fourth-order valence-electron chi connectivity index (χ4n) is 3.63. The number of hydrogen-bond donors (Lipinski definition) is 1. The first-order chi connectivity index (χ1) is 13.7. The first-order valence-electron chi connectivity index (χ1n) is 9.36. The van der Waals surface area contributed by atoms with E-state index in [9.17, 15) is 22.9 Å². The minimum atomic E-state index is -3.70. The average molecular weight is 505 g/mol. The van der Waals surface area contributed by atoms with E-state index >= 15 is 0 Å². The molecule has 1 N–H and O–H groups in total. The van der Waals surface area contributed by atoms with Gasteiger partial charge in [-0.05, 0) is 52.3 Å². The molecule has 0 radical (unpaired) electrons. The fraction of sp³-hybridized carbons (Fsp3) is 0.600. The maximum absolute atomic E-state index is 15.0. The standard InChI is InChI=1S/C20H26BrFN2O5S/c1-12-15(9-14(10-23)30(5,26)27)20(11-28-12,24-18(25)29-19(2,3)4)16-8-13(21)6-7-17(16)22/h6-8,12,14-15H,9,11H2,1-5H3,(H,24,25)/t12?,14?,15-,20+/m1/s1. The smallest absolute Gasteiger partial charge is 0.408 e. The number of nitrogens with one attached hydrogen (secondary N) is 1. The monoisotopic (exact) mass is 504 g/mol. The molecule has 10 heteroatoms. The second-order valence-corrected chi connectivity index (χ2v) is 11.7. The fourth-order valence-corrected chi connectivity index (χ4v) is 4.74. The topological polar surface area (TPSA) is 105 Å². The predicted octanol–water partition coefficient (Wildman–Crippen LogP) is 3.67. The quantitative estimate of drug-likeness (QED) is 0.655. The molecule has 1 aromatic rings. The Labute approximate surface area is 185 Å². The summed E-state index contributed by atoms with van der Waals surface area (Å²) in [6, 6.07) is 6.09. The molecule has 4 atom stereocenters. The van der Waals surface area contributed by atoms with Gasteiger partial charge >= 0.3 is 6.09 Å². The number of nitrogens with zero attached hydrogens (tertiary/aromatic N) is 1. The molecule has 2 unspecified atom stereocenters. The molecule has 1 fully saturated rings. The maximum atomic E-state index is 15.0. The molecular weight excluding hydrogens is 479 g/mol. The van der Waals surface area contributed by atoms with Gasteiger partial charge in [0, 0.05) is 22.2 Å². The van der Waals surface area contributed by atoms with Crippen molar-refractivity contribution in [3.8, 4) is 6.07 Å². The Bertz CT molecular complexity index is 957.